The van der Waals surface area contributed by atoms with Crippen molar-refractivity contribution in [3.8, 4) is 6.07 Å². The van der Waals surface area contributed by atoms with E-state index in [0.29, 0.717) is 60.4 Å². The molecule has 4 heterocycles. The number of hydrogen-bond acceptors (Lipinski definition) is 8. The standard InChI is InChI=1S/C31H28ClN9O2/c32-26-17-35-30-37-25-11-20(15-34-16-25)1-4-22-13-24(36-29(26)40-30)7-8-27(22)39-28(42)12-21-9-10-41(18-21)31(43)38-23-5-2-19(14-33)3-6-23/h2-3,5-8,11,13,15-17,21H,1,4,9-10,12,18H2,(H,38,43)(H,39,42)(H2,35,36,37,40)/t21-/m0/s1. The lowest BCUT2D eigenvalue weighted by Gasteiger charge is -2.18. The fourth-order valence-electron chi connectivity index (χ4n) is 5.23. The molecular formula is C31H28ClN9O2. The van der Waals surface area contributed by atoms with Crippen LogP contribution in [0.4, 0.5) is 39.3 Å². The molecule has 2 aliphatic heterocycles. The van der Waals surface area contributed by atoms with E-state index in [1.54, 1.807) is 35.4 Å². The third kappa shape index (κ3) is 6.82. The SMILES string of the molecule is N#Cc1ccc(NC(=O)N2CC[C@@H](CC(=O)Nc3ccc4cc3CCc3cncc(c3)Nc3ncc(Cl)c(n3)N4)C2)cc1. The molecule has 6 bridgehead atoms. The van der Waals surface area contributed by atoms with Gasteiger partial charge in [-0.1, -0.05) is 11.6 Å². The van der Waals surface area contributed by atoms with Crippen LogP contribution < -0.4 is 21.3 Å². The maximum Gasteiger partial charge on any atom is 0.321 e. The number of likely N-dealkylation sites (tertiary alicyclic amines) is 1. The Morgan fingerprint density at radius 1 is 1.02 bits per heavy atom. The van der Waals surface area contributed by atoms with Crippen molar-refractivity contribution in [1.82, 2.24) is 19.9 Å². The molecule has 1 fully saturated rings. The van der Waals surface area contributed by atoms with Crippen molar-refractivity contribution < 1.29 is 9.59 Å². The van der Waals surface area contributed by atoms with Crippen molar-refractivity contribution in [2.75, 3.05) is 34.4 Å². The number of carbonyl (C=O) groups excluding carboxylic acids is 2. The van der Waals surface area contributed by atoms with E-state index in [9.17, 15) is 9.59 Å². The smallest absolute Gasteiger partial charge is 0.321 e. The van der Waals surface area contributed by atoms with E-state index in [-0.39, 0.29) is 17.9 Å². The molecular weight excluding hydrogens is 566 g/mol. The Labute approximate surface area is 253 Å². The molecule has 2 aromatic heterocycles. The zero-order valence-electron chi connectivity index (χ0n) is 23.1. The van der Waals surface area contributed by atoms with Gasteiger partial charge in [-0.05, 0) is 84.8 Å². The third-order valence-electron chi connectivity index (χ3n) is 7.43. The maximum absolute atomic E-state index is 13.2. The Bertz CT molecular complexity index is 1720. The molecule has 3 amide bonds. The fourth-order valence-corrected chi connectivity index (χ4v) is 5.37. The quantitative estimate of drug-likeness (QED) is 0.230. The van der Waals surface area contributed by atoms with Gasteiger partial charge in [-0.2, -0.15) is 10.2 Å². The molecule has 216 valence electrons. The predicted molar refractivity (Wildman–Crippen MR) is 165 cm³/mol. The Morgan fingerprint density at radius 2 is 1.88 bits per heavy atom. The second-order valence-electron chi connectivity index (χ2n) is 10.6. The molecule has 0 saturated carbocycles. The van der Waals surface area contributed by atoms with Crippen molar-refractivity contribution in [1.29, 1.82) is 5.26 Å². The van der Waals surface area contributed by atoms with Gasteiger partial charge in [0.1, 0.15) is 5.02 Å². The molecule has 1 atom stereocenters. The number of fused-ring (bicyclic) bond motifs is 6. The number of hydrogen-bond donors (Lipinski definition) is 4. The summed E-state index contributed by atoms with van der Waals surface area (Å²) in [6.07, 6.45) is 7.48. The number of nitrogens with one attached hydrogen (secondary N) is 4. The highest BCUT2D eigenvalue weighted by Crippen LogP contribution is 2.30. The molecule has 2 aliphatic rings. The molecule has 1 saturated heterocycles. The first-order valence-corrected chi connectivity index (χ1v) is 14.3. The number of anilines is 6. The van der Waals surface area contributed by atoms with Crippen LogP contribution in [0.2, 0.25) is 5.02 Å². The molecule has 12 heteroatoms. The second kappa shape index (κ2) is 12.3. The van der Waals surface area contributed by atoms with Gasteiger partial charge in [0.15, 0.2) is 5.82 Å². The number of halogens is 1. The van der Waals surface area contributed by atoms with Crippen LogP contribution in [0.3, 0.4) is 0 Å². The zero-order valence-corrected chi connectivity index (χ0v) is 23.9. The number of urea groups is 1. The maximum atomic E-state index is 13.2. The Morgan fingerprint density at radius 3 is 2.72 bits per heavy atom. The van der Waals surface area contributed by atoms with Gasteiger partial charge in [0.2, 0.25) is 11.9 Å². The zero-order chi connectivity index (χ0) is 29.8. The first-order valence-electron chi connectivity index (χ1n) is 13.9. The number of rotatable bonds is 4. The highest BCUT2D eigenvalue weighted by Gasteiger charge is 2.28. The van der Waals surface area contributed by atoms with Crippen LogP contribution in [-0.4, -0.2) is 44.9 Å². The topological polar surface area (TPSA) is 148 Å². The summed E-state index contributed by atoms with van der Waals surface area (Å²) in [6, 6.07) is 16.3. The summed E-state index contributed by atoms with van der Waals surface area (Å²) in [5.74, 6) is 0.800. The van der Waals surface area contributed by atoms with Crippen LogP contribution in [0.5, 0.6) is 0 Å². The molecule has 4 N–H and O–H groups in total. The Hall–Kier alpha value is -5.21. The number of aromatic nitrogens is 3. The van der Waals surface area contributed by atoms with Crippen LogP contribution >= 0.6 is 11.6 Å². The van der Waals surface area contributed by atoms with Crippen molar-refractivity contribution in [2.45, 2.75) is 25.7 Å². The Kier molecular flexibility index (Phi) is 8.02. The number of amides is 3. The second-order valence-corrected chi connectivity index (χ2v) is 11.0. The number of nitriles is 1. The number of benzene rings is 2. The molecule has 6 rings (SSSR count). The lowest BCUT2D eigenvalue weighted by molar-refractivity contribution is -0.117. The van der Waals surface area contributed by atoms with E-state index in [0.717, 1.165) is 34.6 Å². The van der Waals surface area contributed by atoms with Crippen LogP contribution in [-0.2, 0) is 17.6 Å². The minimum absolute atomic E-state index is 0.0492. The number of pyridine rings is 1. The van der Waals surface area contributed by atoms with Crippen LogP contribution in [0.25, 0.3) is 0 Å². The lowest BCUT2D eigenvalue weighted by atomic mass is 10.0. The molecule has 4 aromatic rings. The molecule has 43 heavy (non-hydrogen) atoms. The number of nitrogens with zero attached hydrogens (tertiary/aromatic N) is 5. The van der Waals surface area contributed by atoms with Gasteiger partial charge in [0, 0.05) is 42.8 Å². The van der Waals surface area contributed by atoms with E-state index >= 15 is 0 Å². The molecule has 11 nitrogen and oxygen atoms in total. The normalized spacial score (nSPS) is 15.4. The van der Waals surface area contributed by atoms with Crippen molar-refractivity contribution in [3.05, 3.63) is 88.8 Å². The van der Waals surface area contributed by atoms with Crippen LogP contribution in [0, 0.1) is 17.2 Å². The highest BCUT2D eigenvalue weighted by molar-refractivity contribution is 6.32. The van der Waals surface area contributed by atoms with E-state index in [1.165, 1.54) is 6.20 Å². The first kappa shape index (κ1) is 27.9. The van der Waals surface area contributed by atoms with Crippen molar-refractivity contribution >= 4 is 58.1 Å². The van der Waals surface area contributed by atoms with Crippen LogP contribution in [0.15, 0.2) is 67.1 Å². The van der Waals surface area contributed by atoms with Gasteiger partial charge in [-0.25, -0.2) is 9.78 Å². The number of carbonyl (C=O) groups is 2. The lowest BCUT2D eigenvalue weighted by Crippen LogP contribution is -2.33. The molecule has 0 radical (unpaired) electrons. The van der Waals surface area contributed by atoms with E-state index in [1.807, 2.05) is 30.5 Å². The average Bonchev–Trinajstić information content (AvgIpc) is 3.47. The average molecular weight is 594 g/mol. The predicted octanol–water partition coefficient (Wildman–Crippen LogP) is 5.87. The molecule has 0 spiro atoms. The van der Waals surface area contributed by atoms with Gasteiger partial charge in [-0.3, -0.25) is 9.78 Å². The summed E-state index contributed by atoms with van der Waals surface area (Å²) < 4.78 is 0. The molecule has 0 unspecified atom stereocenters. The van der Waals surface area contributed by atoms with E-state index in [2.05, 4.69) is 42.3 Å². The summed E-state index contributed by atoms with van der Waals surface area (Å²) in [5.41, 5.74) is 5.41. The highest BCUT2D eigenvalue weighted by atomic mass is 35.5. The molecule has 2 aromatic carbocycles. The van der Waals surface area contributed by atoms with E-state index in [4.69, 9.17) is 16.9 Å². The fraction of sp³-hybridized carbons (Fsp3) is 0.226. The molecule has 0 aliphatic carbocycles. The van der Waals surface area contributed by atoms with Crippen molar-refractivity contribution in [3.63, 3.8) is 0 Å². The van der Waals surface area contributed by atoms with Gasteiger partial charge < -0.3 is 26.2 Å². The summed E-state index contributed by atoms with van der Waals surface area (Å²) in [7, 11) is 0. The van der Waals surface area contributed by atoms with E-state index < -0.39 is 0 Å². The van der Waals surface area contributed by atoms with Gasteiger partial charge in [-0.15, -0.1) is 0 Å². The van der Waals surface area contributed by atoms with Crippen LogP contribution in [0.1, 0.15) is 29.5 Å². The summed E-state index contributed by atoms with van der Waals surface area (Å²) in [5, 5.41) is 21.7. The largest absolute Gasteiger partial charge is 0.339 e. The minimum atomic E-state index is -0.216. The summed E-state index contributed by atoms with van der Waals surface area (Å²) in [4.78, 5) is 40.8. The first-order chi connectivity index (χ1) is 20.9. The summed E-state index contributed by atoms with van der Waals surface area (Å²) in [6.45, 7) is 1.06. The van der Waals surface area contributed by atoms with Crippen molar-refractivity contribution in [2.24, 2.45) is 5.92 Å². The van der Waals surface area contributed by atoms with Gasteiger partial charge in [0.05, 0.1) is 29.7 Å². The minimum Gasteiger partial charge on any atom is -0.339 e. The Balaban J connectivity index is 1.12. The monoisotopic (exact) mass is 593 g/mol. The summed E-state index contributed by atoms with van der Waals surface area (Å²) >= 11 is 6.37. The van der Waals surface area contributed by atoms with Gasteiger partial charge in [0.25, 0.3) is 0 Å². The van der Waals surface area contributed by atoms with Gasteiger partial charge >= 0.3 is 6.03 Å². The third-order valence-corrected chi connectivity index (χ3v) is 7.71. The number of aryl methyl sites for hydroxylation is 2.